The molecule has 0 aliphatic heterocycles. The van der Waals surface area contributed by atoms with Gasteiger partial charge in [-0.1, -0.05) is 0 Å². The molecule has 8 heteroatoms. The van der Waals surface area contributed by atoms with Gasteiger partial charge in [-0.3, -0.25) is 10.2 Å². The second kappa shape index (κ2) is 4.69. The van der Waals surface area contributed by atoms with Crippen LogP contribution in [-0.4, -0.2) is 28.6 Å². The number of hydrazine groups is 1. The maximum Gasteiger partial charge on any atom is 0.402 e. The predicted molar refractivity (Wildman–Crippen MR) is 43.6 cm³/mol. The van der Waals surface area contributed by atoms with Crippen molar-refractivity contribution in [2.45, 2.75) is 6.18 Å². The first kappa shape index (κ1) is 11.4. The zero-order valence-electron chi connectivity index (χ0n) is 7.38. The summed E-state index contributed by atoms with van der Waals surface area (Å²) in [7, 11) is 0. The third kappa shape index (κ3) is 4.36. The molecule has 0 radical (unpaired) electrons. The molecule has 0 unspecified atom stereocenters. The van der Waals surface area contributed by atoms with Gasteiger partial charge in [-0.15, -0.1) is 0 Å². The molecular formula is C7H7F3N4O. The van der Waals surface area contributed by atoms with Gasteiger partial charge in [-0.25, -0.2) is 15.4 Å². The zero-order chi connectivity index (χ0) is 11.3. The average Bonchev–Trinajstić information content (AvgIpc) is 2.17. The van der Waals surface area contributed by atoms with Gasteiger partial charge in [0.2, 0.25) is 5.82 Å². The van der Waals surface area contributed by atoms with Crippen LogP contribution in [0.2, 0.25) is 0 Å². The van der Waals surface area contributed by atoms with Crippen LogP contribution >= 0.6 is 0 Å². The van der Waals surface area contributed by atoms with E-state index in [1.807, 2.05) is 5.43 Å². The van der Waals surface area contributed by atoms with Crippen molar-refractivity contribution in [2.24, 2.45) is 0 Å². The monoisotopic (exact) mass is 220 g/mol. The molecule has 1 heterocycles. The lowest BCUT2D eigenvalue weighted by molar-refractivity contribution is -0.126. The lowest BCUT2D eigenvalue weighted by Gasteiger charge is -2.08. The van der Waals surface area contributed by atoms with Crippen molar-refractivity contribution < 1.29 is 18.0 Å². The highest BCUT2D eigenvalue weighted by atomic mass is 19.4. The Morgan fingerprint density at radius 2 is 1.93 bits per heavy atom. The third-order valence-corrected chi connectivity index (χ3v) is 1.26. The van der Waals surface area contributed by atoms with Crippen LogP contribution in [0.5, 0.6) is 0 Å². The van der Waals surface area contributed by atoms with Gasteiger partial charge >= 0.3 is 12.1 Å². The van der Waals surface area contributed by atoms with Crippen LogP contribution in [0, 0.1) is 0 Å². The predicted octanol–water partition coefficient (Wildman–Crippen LogP) is 0.273. The van der Waals surface area contributed by atoms with E-state index in [0.29, 0.717) is 0 Å². The molecule has 0 bridgehead atoms. The number of nitrogens with one attached hydrogen (secondary N) is 2. The third-order valence-electron chi connectivity index (χ3n) is 1.26. The Hall–Kier alpha value is -1.70. The topological polar surface area (TPSA) is 66.9 Å². The van der Waals surface area contributed by atoms with Crippen molar-refractivity contribution in [3.8, 4) is 0 Å². The standard InChI is InChI=1S/C7H7F3N4O/c8-7(9,10)4-13-14-6(15)5-11-2-1-3-12-5/h1-3,13H,4H2,(H,14,15). The lowest BCUT2D eigenvalue weighted by Crippen LogP contribution is -2.43. The molecule has 0 atom stereocenters. The number of nitrogens with zero attached hydrogens (tertiary/aromatic N) is 2. The van der Waals surface area contributed by atoms with E-state index in [1.54, 1.807) is 5.43 Å². The molecule has 0 fully saturated rings. The summed E-state index contributed by atoms with van der Waals surface area (Å²) in [5, 5.41) is 0. The number of aromatic nitrogens is 2. The molecule has 1 aromatic rings. The normalized spacial score (nSPS) is 11.1. The molecule has 15 heavy (non-hydrogen) atoms. The molecule has 82 valence electrons. The number of hydrogen-bond donors (Lipinski definition) is 2. The highest BCUT2D eigenvalue weighted by Crippen LogP contribution is 2.11. The van der Waals surface area contributed by atoms with E-state index in [2.05, 4.69) is 9.97 Å². The summed E-state index contributed by atoms with van der Waals surface area (Å²) in [5.74, 6) is -1.02. The van der Waals surface area contributed by atoms with Crippen molar-refractivity contribution in [3.05, 3.63) is 24.3 Å². The summed E-state index contributed by atoms with van der Waals surface area (Å²) < 4.78 is 35.0. The first-order chi connectivity index (χ1) is 6.99. The van der Waals surface area contributed by atoms with E-state index in [0.717, 1.165) is 0 Å². The highest BCUT2D eigenvalue weighted by molar-refractivity contribution is 5.89. The van der Waals surface area contributed by atoms with Gasteiger partial charge in [0.15, 0.2) is 0 Å². The Morgan fingerprint density at radius 3 is 2.47 bits per heavy atom. The molecule has 0 saturated carbocycles. The maximum atomic E-state index is 11.7. The molecule has 1 amide bonds. The number of alkyl halides is 3. The molecule has 2 N–H and O–H groups in total. The second-order valence-electron chi connectivity index (χ2n) is 2.50. The Balaban J connectivity index is 2.38. The lowest BCUT2D eigenvalue weighted by atomic mass is 10.5. The summed E-state index contributed by atoms with van der Waals surface area (Å²) in [5.41, 5.74) is 3.54. The molecule has 1 aromatic heterocycles. The van der Waals surface area contributed by atoms with Crippen LogP contribution in [-0.2, 0) is 0 Å². The van der Waals surface area contributed by atoms with Crippen LogP contribution in [0.1, 0.15) is 10.6 Å². The van der Waals surface area contributed by atoms with Gasteiger partial charge in [-0.2, -0.15) is 13.2 Å². The fourth-order valence-electron chi connectivity index (χ4n) is 0.697. The summed E-state index contributed by atoms with van der Waals surface area (Å²) >= 11 is 0. The Kier molecular flexibility index (Phi) is 3.56. The van der Waals surface area contributed by atoms with Crippen molar-refractivity contribution in [3.63, 3.8) is 0 Å². The Morgan fingerprint density at radius 1 is 1.33 bits per heavy atom. The quantitative estimate of drug-likeness (QED) is 0.717. The Labute approximate surface area is 82.7 Å². The average molecular weight is 220 g/mol. The van der Waals surface area contributed by atoms with Crippen LogP contribution in [0.4, 0.5) is 13.2 Å². The van der Waals surface area contributed by atoms with Crippen molar-refractivity contribution in [2.75, 3.05) is 6.54 Å². The number of halogens is 3. The molecule has 0 saturated heterocycles. The van der Waals surface area contributed by atoms with E-state index in [9.17, 15) is 18.0 Å². The molecule has 0 aliphatic carbocycles. The van der Waals surface area contributed by atoms with Crippen LogP contribution < -0.4 is 10.9 Å². The van der Waals surface area contributed by atoms with Crippen LogP contribution in [0.15, 0.2) is 18.5 Å². The van der Waals surface area contributed by atoms with Gasteiger partial charge in [-0.05, 0) is 6.07 Å². The van der Waals surface area contributed by atoms with Crippen molar-refractivity contribution >= 4 is 5.91 Å². The summed E-state index contributed by atoms with van der Waals surface area (Å²) in [6.07, 6.45) is -1.76. The number of rotatable bonds is 3. The van der Waals surface area contributed by atoms with Crippen LogP contribution in [0.25, 0.3) is 0 Å². The minimum absolute atomic E-state index is 0.202. The van der Waals surface area contributed by atoms with Gasteiger partial charge in [0, 0.05) is 12.4 Å². The second-order valence-corrected chi connectivity index (χ2v) is 2.50. The van der Waals surface area contributed by atoms with Gasteiger partial charge in [0.25, 0.3) is 0 Å². The molecule has 0 spiro atoms. The van der Waals surface area contributed by atoms with Crippen molar-refractivity contribution in [1.82, 2.24) is 20.8 Å². The zero-order valence-corrected chi connectivity index (χ0v) is 7.38. The van der Waals surface area contributed by atoms with Gasteiger partial charge in [0.1, 0.15) is 6.54 Å². The number of amides is 1. The molecule has 5 nitrogen and oxygen atoms in total. The van der Waals surface area contributed by atoms with Crippen LogP contribution in [0.3, 0.4) is 0 Å². The highest BCUT2D eigenvalue weighted by Gasteiger charge is 2.26. The largest absolute Gasteiger partial charge is 0.402 e. The minimum Gasteiger partial charge on any atom is -0.284 e. The van der Waals surface area contributed by atoms with Gasteiger partial charge in [0.05, 0.1) is 0 Å². The smallest absolute Gasteiger partial charge is 0.284 e. The minimum atomic E-state index is -4.38. The van der Waals surface area contributed by atoms with E-state index in [1.165, 1.54) is 18.5 Å². The number of carbonyl (C=O) groups is 1. The number of hydrogen-bond acceptors (Lipinski definition) is 4. The van der Waals surface area contributed by atoms with E-state index in [4.69, 9.17) is 0 Å². The maximum absolute atomic E-state index is 11.7. The van der Waals surface area contributed by atoms with Crippen molar-refractivity contribution in [1.29, 1.82) is 0 Å². The fourth-order valence-corrected chi connectivity index (χ4v) is 0.697. The molecule has 0 aliphatic rings. The molecule has 0 aromatic carbocycles. The van der Waals surface area contributed by atoms with Gasteiger partial charge < -0.3 is 0 Å². The Bertz CT molecular complexity index is 327. The SMILES string of the molecule is O=C(NNCC(F)(F)F)c1ncccn1. The van der Waals surface area contributed by atoms with E-state index >= 15 is 0 Å². The first-order valence-corrected chi connectivity index (χ1v) is 3.86. The summed E-state index contributed by atoms with van der Waals surface area (Å²) in [4.78, 5) is 18.2. The van der Waals surface area contributed by atoms with E-state index < -0.39 is 18.6 Å². The molecular weight excluding hydrogens is 213 g/mol. The molecule has 1 rings (SSSR count). The fraction of sp³-hybridized carbons (Fsp3) is 0.286. The van der Waals surface area contributed by atoms with E-state index in [-0.39, 0.29) is 5.82 Å². The summed E-state index contributed by atoms with van der Waals surface area (Å²) in [6, 6.07) is 1.49. The summed E-state index contributed by atoms with van der Waals surface area (Å²) in [6.45, 7) is -1.31. The number of carbonyl (C=O) groups excluding carboxylic acids is 1. The first-order valence-electron chi connectivity index (χ1n) is 3.86.